The Labute approximate surface area is 130 Å². The smallest absolute Gasteiger partial charge is 0.164 e. The Morgan fingerprint density at radius 2 is 1.55 bits per heavy atom. The number of fused-ring (bicyclic) bond motifs is 1. The van der Waals surface area contributed by atoms with E-state index < -0.39 is 0 Å². The van der Waals surface area contributed by atoms with Gasteiger partial charge in [-0.05, 0) is 16.3 Å². The fourth-order valence-corrected chi connectivity index (χ4v) is 2.63. The van der Waals surface area contributed by atoms with Crippen LogP contribution < -0.4 is 5.32 Å². The lowest BCUT2D eigenvalue weighted by molar-refractivity contribution is 0.0984. The maximum atomic E-state index is 12.4. The highest BCUT2D eigenvalue weighted by Gasteiger charge is 2.09. The summed E-state index contributed by atoms with van der Waals surface area (Å²) >= 11 is 0. The normalized spacial score (nSPS) is 10.7. The fraction of sp³-hybridized carbons (Fsp3) is 0.150. The van der Waals surface area contributed by atoms with Crippen LogP contribution in [-0.2, 0) is 6.54 Å². The Hall–Kier alpha value is -2.45. The first-order valence-electron chi connectivity index (χ1n) is 7.60. The van der Waals surface area contributed by atoms with Crippen LogP contribution >= 0.6 is 0 Å². The van der Waals surface area contributed by atoms with Gasteiger partial charge >= 0.3 is 0 Å². The summed E-state index contributed by atoms with van der Waals surface area (Å²) in [5, 5.41) is 5.49. The van der Waals surface area contributed by atoms with Crippen molar-refractivity contribution in [2.24, 2.45) is 0 Å². The maximum absolute atomic E-state index is 12.4. The van der Waals surface area contributed by atoms with Crippen molar-refractivity contribution in [3.05, 3.63) is 83.9 Å². The SMILES string of the molecule is O=C(CCNCc1ccccc1)c1cccc2ccccc12. The molecule has 0 saturated carbocycles. The number of Topliss-reactive ketones (excluding diaryl/α,β-unsaturated/α-hetero) is 1. The summed E-state index contributed by atoms with van der Waals surface area (Å²) < 4.78 is 0. The minimum atomic E-state index is 0.192. The molecule has 0 fully saturated rings. The first-order valence-corrected chi connectivity index (χ1v) is 7.60. The highest BCUT2D eigenvalue weighted by molar-refractivity contribution is 6.08. The molecule has 3 aromatic carbocycles. The standard InChI is InChI=1S/C20H19NO/c22-20(13-14-21-15-16-7-2-1-3-8-16)19-12-6-10-17-9-4-5-11-18(17)19/h1-12,21H,13-15H2. The number of benzene rings is 3. The number of hydrogen-bond acceptors (Lipinski definition) is 2. The van der Waals surface area contributed by atoms with Crippen LogP contribution in [-0.4, -0.2) is 12.3 Å². The van der Waals surface area contributed by atoms with E-state index in [4.69, 9.17) is 0 Å². The Bertz CT molecular complexity index is 760. The number of carbonyl (C=O) groups is 1. The van der Waals surface area contributed by atoms with Crippen LogP contribution in [0.15, 0.2) is 72.8 Å². The van der Waals surface area contributed by atoms with Crippen LogP contribution in [0.3, 0.4) is 0 Å². The summed E-state index contributed by atoms with van der Waals surface area (Å²) in [6, 6.07) is 24.2. The fourth-order valence-electron chi connectivity index (χ4n) is 2.63. The van der Waals surface area contributed by atoms with E-state index in [0.29, 0.717) is 13.0 Å². The van der Waals surface area contributed by atoms with E-state index in [0.717, 1.165) is 22.9 Å². The third kappa shape index (κ3) is 3.41. The molecule has 3 aromatic rings. The molecule has 0 amide bonds. The van der Waals surface area contributed by atoms with Gasteiger partial charge in [0, 0.05) is 25.1 Å². The minimum Gasteiger partial charge on any atom is -0.312 e. The van der Waals surface area contributed by atoms with Crippen molar-refractivity contribution in [2.75, 3.05) is 6.54 Å². The van der Waals surface area contributed by atoms with Crippen molar-refractivity contribution < 1.29 is 4.79 Å². The average molecular weight is 289 g/mol. The molecular formula is C20H19NO. The van der Waals surface area contributed by atoms with E-state index in [1.165, 1.54) is 5.56 Å². The molecule has 0 spiro atoms. The van der Waals surface area contributed by atoms with Gasteiger partial charge in [0.25, 0.3) is 0 Å². The second-order valence-corrected chi connectivity index (χ2v) is 5.36. The Balaban J connectivity index is 1.60. The highest BCUT2D eigenvalue weighted by atomic mass is 16.1. The Morgan fingerprint density at radius 3 is 2.41 bits per heavy atom. The molecular weight excluding hydrogens is 270 g/mol. The summed E-state index contributed by atoms with van der Waals surface area (Å²) in [6.45, 7) is 1.49. The van der Waals surface area contributed by atoms with E-state index in [1.54, 1.807) is 0 Å². The first-order chi connectivity index (χ1) is 10.8. The number of nitrogens with one attached hydrogen (secondary N) is 1. The summed E-state index contributed by atoms with van der Waals surface area (Å²) in [6.07, 6.45) is 0.515. The summed E-state index contributed by atoms with van der Waals surface area (Å²) in [5.41, 5.74) is 2.06. The molecule has 0 atom stereocenters. The number of rotatable bonds is 6. The van der Waals surface area contributed by atoms with Gasteiger partial charge in [-0.25, -0.2) is 0 Å². The lowest BCUT2D eigenvalue weighted by Gasteiger charge is -2.07. The Morgan fingerprint density at radius 1 is 0.818 bits per heavy atom. The second kappa shape index (κ2) is 7.01. The van der Waals surface area contributed by atoms with Gasteiger partial charge in [0.15, 0.2) is 5.78 Å². The molecule has 0 radical (unpaired) electrons. The number of carbonyl (C=O) groups excluding carboxylic acids is 1. The van der Waals surface area contributed by atoms with Crippen LogP contribution in [0.5, 0.6) is 0 Å². The third-order valence-electron chi connectivity index (χ3n) is 3.79. The lowest BCUT2D eigenvalue weighted by Crippen LogP contribution is -2.18. The van der Waals surface area contributed by atoms with Crippen molar-refractivity contribution in [2.45, 2.75) is 13.0 Å². The largest absolute Gasteiger partial charge is 0.312 e. The van der Waals surface area contributed by atoms with Crippen molar-refractivity contribution in [3.8, 4) is 0 Å². The molecule has 0 unspecified atom stereocenters. The molecule has 0 saturated heterocycles. The molecule has 0 aliphatic rings. The zero-order valence-electron chi connectivity index (χ0n) is 12.5. The molecule has 0 aliphatic heterocycles. The van der Waals surface area contributed by atoms with Crippen LogP contribution in [0.25, 0.3) is 10.8 Å². The predicted molar refractivity (Wildman–Crippen MR) is 91.0 cm³/mol. The van der Waals surface area contributed by atoms with E-state index in [1.807, 2.05) is 60.7 Å². The second-order valence-electron chi connectivity index (χ2n) is 5.36. The monoisotopic (exact) mass is 289 g/mol. The average Bonchev–Trinajstić information content (AvgIpc) is 2.59. The van der Waals surface area contributed by atoms with Gasteiger partial charge in [-0.15, -0.1) is 0 Å². The zero-order valence-corrected chi connectivity index (χ0v) is 12.5. The summed E-state index contributed by atoms with van der Waals surface area (Å²) in [7, 11) is 0. The summed E-state index contributed by atoms with van der Waals surface area (Å²) in [4.78, 5) is 12.4. The van der Waals surface area contributed by atoms with Gasteiger partial charge in [-0.1, -0.05) is 72.8 Å². The van der Waals surface area contributed by atoms with Crippen molar-refractivity contribution in [1.29, 1.82) is 0 Å². The van der Waals surface area contributed by atoms with Gasteiger partial charge in [-0.2, -0.15) is 0 Å². The minimum absolute atomic E-state index is 0.192. The van der Waals surface area contributed by atoms with Crippen molar-refractivity contribution in [1.82, 2.24) is 5.32 Å². The lowest BCUT2D eigenvalue weighted by atomic mass is 10.00. The number of ketones is 1. The van der Waals surface area contributed by atoms with E-state index in [2.05, 4.69) is 17.4 Å². The molecule has 0 aromatic heterocycles. The molecule has 3 rings (SSSR count). The zero-order chi connectivity index (χ0) is 15.2. The topological polar surface area (TPSA) is 29.1 Å². The molecule has 110 valence electrons. The Kier molecular flexibility index (Phi) is 4.62. The number of hydrogen-bond donors (Lipinski definition) is 1. The van der Waals surface area contributed by atoms with E-state index >= 15 is 0 Å². The molecule has 0 heterocycles. The third-order valence-corrected chi connectivity index (χ3v) is 3.79. The van der Waals surface area contributed by atoms with Gasteiger partial charge in [0.05, 0.1) is 0 Å². The van der Waals surface area contributed by atoms with Crippen molar-refractivity contribution in [3.63, 3.8) is 0 Å². The van der Waals surface area contributed by atoms with Crippen LogP contribution in [0.4, 0.5) is 0 Å². The maximum Gasteiger partial charge on any atom is 0.164 e. The van der Waals surface area contributed by atoms with E-state index in [-0.39, 0.29) is 5.78 Å². The highest BCUT2D eigenvalue weighted by Crippen LogP contribution is 2.19. The van der Waals surface area contributed by atoms with Crippen LogP contribution in [0.2, 0.25) is 0 Å². The van der Waals surface area contributed by atoms with Gasteiger partial charge in [0.1, 0.15) is 0 Å². The van der Waals surface area contributed by atoms with Gasteiger partial charge in [0.2, 0.25) is 0 Å². The van der Waals surface area contributed by atoms with E-state index in [9.17, 15) is 4.79 Å². The molecule has 2 nitrogen and oxygen atoms in total. The summed E-state index contributed by atoms with van der Waals surface area (Å²) in [5.74, 6) is 0.192. The van der Waals surface area contributed by atoms with Gasteiger partial charge in [-0.3, -0.25) is 4.79 Å². The predicted octanol–water partition coefficient (Wildman–Crippen LogP) is 4.20. The molecule has 0 bridgehead atoms. The van der Waals surface area contributed by atoms with Crippen LogP contribution in [0.1, 0.15) is 22.3 Å². The molecule has 0 aliphatic carbocycles. The molecule has 22 heavy (non-hydrogen) atoms. The molecule has 1 N–H and O–H groups in total. The molecule has 2 heteroatoms. The quantitative estimate of drug-likeness (QED) is 0.544. The van der Waals surface area contributed by atoms with Gasteiger partial charge < -0.3 is 5.32 Å². The van der Waals surface area contributed by atoms with Crippen molar-refractivity contribution >= 4 is 16.6 Å². The first kappa shape index (κ1) is 14.5. The van der Waals surface area contributed by atoms with Crippen LogP contribution in [0, 0.1) is 0 Å².